The van der Waals surface area contributed by atoms with Crippen LogP contribution < -0.4 is 5.32 Å². The third-order valence-corrected chi connectivity index (χ3v) is 2.89. The Morgan fingerprint density at radius 1 is 0.938 bits per heavy atom. The van der Waals surface area contributed by atoms with Gasteiger partial charge in [-0.15, -0.1) is 0 Å². The van der Waals surface area contributed by atoms with Crippen LogP contribution >= 0.6 is 0 Å². The minimum absolute atomic E-state index is 0.912. The van der Waals surface area contributed by atoms with Crippen LogP contribution in [-0.2, 0) is 0 Å². The summed E-state index contributed by atoms with van der Waals surface area (Å²) in [5.41, 5.74) is 2.49. The Balaban J connectivity index is 2.23. The molecule has 0 saturated carbocycles. The average Bonchev–Trinajstić information content (AvgIpc) is 2.39. The monoisotopic (exact) mass is 207 g/mol. The summed E-state index contributed by atoms with van der Waals surface area (Å²) >= 11 is 0. The fraction of sp³-hybridized carbons (Fsp3) is 0.0667. The molecule has 0 aromatic heterocycles. The van der Waals surface area contributed by atoms with Gasteiger partial charge in [-0.1, -0.05) is 54.6 Å². The predicted molar refractivity (Wildman–Crippen MR) is 69.1 cm³/mol. The van der Waals surface area contributed by atoms with Gasteiger partial charge in [0.15, 0.2) is 0 Å². The number of hydrogen-bond donors (Lipinski definition) is 1. The molecule has 0 radical (unpaired) electrons. The number of benzene rings is 2. The summed E-state index contributed by atoms with van der Waals surface area (Å²) < 4.78 is 0. The highest BCUT2D eigenvalue weighted by Gasteiger charge is 2.05. The van der Waals surface area contributed by atoms with E-state index in [-0.39, 0.29) is 0 Å². The normalized spacial score (nSPS) is 14.6. The van der Waals surface area contributed by atoms with E-state index < -0.39 is 0 Å². The van der Waals surface area contributed by atoms with Crippen molar-refractivity contribution in [1.29, 1.82) is 0 Å². The Morgan fingerprint density at radius 3 is 2.69 bits per heavy atom. The molecule has 0 saturated heterocycles. The number of hydrogen-bond acceptors (Lipinski definition) is 1. The molecule has 0 atom stereocenters. The molecule has 1 heteroatoms. The van der Waals surface area contributed by atoms with Crippen molar-refractivity contribution >= 4 is 16.5 Å². The lowest BCUT2D eigenvalue weighted by molar-refractivity contribution is 0.998. The summed E-state index contributed by atoms with van der Waals surface area (Å²) in [6.07, 6.45) is 6.35. The predicted octanol–water partition coefficient (Wildman–Crippen LogP) is 3.34. The molecule has 0 aliphatic carbocycles. The highest BCUT2D eigenvalue weighted by atomic mass is 14.9. The molecular formula is C15H13N. The maximum atomic E-state index is 3.40. The molecule has 0 unspecified atom stereocenters. The van der Waals surface area contributed by atoms with Crippen LogP contribution in [-0.4, -0.2) is 6.54 Å². The minimum atomic E-state index is 0.912. The molecule has 1 aliphatic heterocycles. The van der Waals surface area contributed by atoms with Gasteiger partial charge in [0.05, 0.1) is 0 Å². The number of dihydropyridines is 1. The first-order valence-corrected chi connectivity index (χ1v) is 5.54. The van der Waals surface area contributed by atoms with Crippen LogP contribution in [0.5, 0.6) is 0 Å². The lowest BCUT2D eigenvalue weighted by Gasteiger charge is -2.14. The molecular weight excluding hydrogens is 194 g/mol. The van der Waals surface area contributed by atoms with Crippen molar-refractivity contribution in [1.82, 2.24) is 5.32 Å². The molecule has 3 rings (SSSR count). The van der Waals surface area contributed by atoms with Crippen molar-refractivity contribution in [2.24, 2.45) is 0 Å². The van der Waals surface area contributed by atoms with Gasteiger partial charge < -0.3 is 5.32 Å². The summed E-state index contributed by atoms with van der Waals surface area (Å²) in [4.78, 5) is 0. The molecule has 2 aromatic carbocycles. The lowest BCUT2D eigenvalue weighted by Crippen LogP contribution is -2.14. The fourth-order valence-electron chi connectivity index (χ4n) is 2.11. The van der Waals surface area contributed by atoms with Crippen LogP contribution in [0.15, 0.2) is 60.7 Å². The molecule has 1 nitrogen and oxygen atoms in total. The summed E-state index contributed by atoms with van der Waals surface area (Å²) in [5.74, 6) is 0. The van der Waals surface area contributed by atoms with Gasteiger partial charge in [0, 0.05) is 17.8 Å². The van der Waals surface area contributed by atoms with E-state index in [9.17, 15) is 0 Å². The minimum Gasteiger partial charge on any atom is -0.381 e. The molecule has 1 N–H and O–H groups in total. The molecule has 16 heavy (non-hydrogen) atoms. The van der Waals surface area contributed by atoms with Crippen molar-refractivity contribution in [2.45, 2.75) is 0 Å². The number of fused-ring (bicyclic) bond motifs is 1. The van der Waals surface area contributed by atoms with E-state index in [2.05, 4.69) is 66.0 Å². The van der Waals surface area contributed by atoms with Crippen LogP contribution in [0.4, 0.5) is 0 Å². The lowest BCUT2D eigenvalue weighted by atomic mass is 10.0. The standard InChI is InChI=1S/C15H13N/c1-2-8-13-12(6-1)7-5-9-14(13)15-10-3-4-11-16-15/h1-10,16H,11H2. The quantitative estimate of drug-likeness (QED) is 0.756. The summed E-state index contributed by atoms with van der Waals surface area (Å²) in [7, 11) is 0. The largest absolute Gasteiger partial charge is 0.381 e. The first-order valence-electron chi connectivity index (χ1n) is 5.54. The Morgan fingerprint density at radius 2 is 1.81 bits per heavy atom. The molecule has 1 aliphatic rings. The van der Waals surface area contributed by atoms with Crippen molar-refractivity contribution in [3.05, 3.63) is 66.3 Å². The molecule has 78 valence electrons. The smallest absolute Gasteiger partial charge is 0.0422 e. The maximum Gasteiger partial charge on any atom is 0.0422 e. The summed E-state index contributed by atoms with van der Waals surface area (Å²) in [5, 5.41) is 6.00. The van der Waals surface area contributed by atoms with Crippen LogP contribution in [0.25, 0.3) is 16.5 Å². The van der Waals surface area contributed by atoms with E-state index >= 15 is 0 Å². The van der Waals surface area contributed by atoms with Gasteiger partial charge in [0.2, 0.25) is 0 Å². The molecule has 2 aromatic rings. The van der Waals surface area contributed by atoms with Crippen molar-refractivity contribution in [2.75, 3.05) is 6.54 Å². The highest BCUT2D eigenvalue weighted by molar-refractivity contribution is 5.93. The first-order chi connectivity index (χ1) is 7.95. The average molecular weight is 207 g/mol. The van der Waals surface area contributed by atoms with Crippen LogP contribution in [0.1, 0.15) is 5.56 Å². The Kier molecular flexibility index (Phi) is 2.22. The topological polar surface area (TPSA) is 12.0 Å². The van der Waals surface area contributed by atoms with Crippen molar-refractivity contribution < 1.29 is 0 Å². The first kappa shape index (κ1) is 9.22. The Labute approximate surface area is 95.1 Å². The van der Waals surface area contributed by atoms with Crippen molar-refractivity contribution in [3.8, 4) is 0 Å². The third kappa shape index (κ3) is 1.50. The van der Waals surface area contributed by atoms with Gasteiger partial charge >= 0.3 is 0 Å². The SMILES string of the molecule is C1=CCNC(c2cccc3ccccc23)=C1. The zero-order valence-corrected chi connectivity index (χ0v) is 8.98. The highest BCUT2D eigenvalue weighted by Crippen LogP contribution is 2.24. The van der Waals surface area contributed by atoms with Gasteiger partial charge in [0.1, 0.15) is 0 Å². The van der Waals surface area contributed by atoms with Crippen LogP contribution in [0.3, 0.4) is 0 Å². The second-order valence-electron chi connectivity index (χ2n) is 3.92. The van der Waals surface area contributed by atoms with Crippen LogP contribution in [0.2, 0.25) is 0 Å². The van der Waals surface area contributed by atoms with E-state index in [1.54, 1.807) is 0 Å². The Bertz CT molecular complexity index is 574. The summed E-state index contributed by atoms with van der Waals surface area (Å²) in [6, 6.07) is 14.9. The number of allylic oxidation sites excluding steroid dienone is 2. The van der Waals surface area contributed by atoms with Gasteiger partial charge in [-0.2, -0.15) is 0 Å². The molecule has 0 spiro atoms. The van der Waals surface area contributed by atoms with Gasteiger partial charge in [-0.05, 0) is 16.8 Å². The second kappa shape index (κ2) is 3.86. The Hall–Kier alpha value is -2.02. The fourth-order valence-corrected chi connectivity index (χ4v) is 2.11. The summed E-state index contributed by atoms with van der Waals surface area (Å²) in [6.45, 7) is 0.912. The zero-order valence-electron chi connectivity index (χ0n) is 8.98. The van der Waals surface area contributed by atoms with Crippen molar-refractivity contribution in [3.63, 3.8) is 0 Å². The van der Waals surface area contributed by atoms with E-state index in [0.717, 1.165) is 6.54 Å². The van der Waals surface area contributed by atoms with Gasteiger partial charge in [0.25, 0.3) is 0 Å². The maximum absolute atomic E-state index is 3.40. The van der Waals surface area contributed by atoms with E-state index in [0.29, 0.717) is 0 Å². The van der Waals surface area contributed by atoms with E-state index in [1.165, 1.54) is 22.0 Å². The second-order valence-corrected chi connectivity index (χ2v) is 3.92. The van der Waals surface area contributed by atoms with Crippen LogP contribution in [0, 0.1) is 0 Å². The third-order valence-electron chi connectivity index (χ3n) is 2.89. The number of nitrogens with one attached hydrogen (secondary N) is 1. The molecule has 0 bridgehead atoms. The zero-order chi connectivity index (χ0) is 10.8. The molecule has 0 amide bonds. The number of rotatable bonds is 1. The molecule has 0 fully saturated rings. The van der Waals surface area contributed by atoms with E-state index in [1.807, 2.05) is 0 Å². The molecule has 1 heterocycles. The van der Waals surface area contributed by atoms with Gasteiger partial charge in [-0.25, -0.2) is 0 Å². The van der Waals surface area contributed by atoms with Gasteiger partial charge in [-0.3, -0.25) is 0 Å². The van der Waals surface area contributed by atoms with E-state index in [4.69, 9.17) is 0 Å².